The molecule has 0 fully saturated rings. The third kappa shape index (κ3) is 3.16. The molecular weight excluding hydrogens is 292 g/mol. The predicted molar refractivity (Wildman–Crippen MR) is 86.8 cm³/mol. The van der Waals surface area contributed by atoms with Gasteiger partial charge in [-0.15, -0.1) is 0 Å². The fourth-order valence-electron chi connectivity index (χ4n) is 2.16. The van der Waals surface area contributed by atoms with Crippen LogP contribution in [0.2, 0.25) is 0 Å². The van der Waals surface area contributed by atoms with Crippen molar-refractivity contribution >= 4 is 11.6 Å². The number of rotatable bonds is 3. The van der Waals surface area contributed by atoms with E-state index in [1.165, 1.54) is 6.07 Å². The standard InChI is InChI=1S/C17H14N4O2/c1-12-11-15(22)16(17(23)19-13-7-9-18-10-8-13)20-21(12)14-5-3-2-4-6-14/h2-11H,1H3,(H,18,19,23). The van der Waals surface area contributed by atoms with Gasteiger partial charge in [-0.05, 0) is 31.2 Å². The van der Waals surface area contributed by atoms with Crippen molar-refractivity contribution in [3.05, 3.63) is 82.5 Å². The third-order valence-electron chi connectivity index (χ3n) is 3.26. The average molecular weight is 306 g/mol. The van der Waals surface area contributed by atoms with Gasteiger partial charge >= 0.3 is 0 Å². The lowest BCUT2D eigenvalue weighted by molar-refractivity contribution is 0.101. The fourth-order valence-corrected chi connectivity index (χ4v) is 2.16. The molecule has 0 saturated heterocycles. The molecule has 0 unspecified atom stereocenters. The van der Waals surface area contributed by atoms with Crippen molar-refractivity contribution in [2.45, 2.75) is 6.92 Å². The van der Waals surface area contributed by atoms with Crippen molar-refractivity contribution in [1.29, 1.82) is 0 Å². The largest absolute Gasteiger partial charge is 0.320 e. The Balaban J connectivity index is 2.00. The van der Waals surface area contributed by atoms with Gasteiger partial charge in [-0.2, -0.15) is 5.10 Å². The minimum atomic E-state index is -0.550. The molecule has 0 aliphatic heterocycles. The molecule has 114 valence electrons. The summed E-state index contributed by atoms with van der Waals surface area (Å²) in [5.74, 6) is -0.550. The van der Waals surface area contributed by atoms with E-state index in [1.54, 1.807) is 36.1 Å². The number of amides is 1. The lowest BCUT2D eigenvalue weighted by atomic mass is 10.2. The summed E-state index contributed by atoms with van der Waals surface area (Å²) in [5, 5.41) is 6.86. The van der Waals surface area contributed by atoms with Crippen LogP contribution in [0.3, 0.4) is 0 Å². The number of aromatic nitrogens is 3. The van der Waals surface area contributed by atoms with Crippen molar-refractivity contribution in [2.75, 3.05) is 5.32 Å². The Bertz CT molecular complexity index is 889. The van der Waals surface area contributed by atoms with E-state index in [0.29, 0.717) is 11.4 Å². The van der Waals surface area contributed by atoms with Crippen LogP contribution in [0.15, 0.2) is 65.7 Å². The Labute approximate surface area is 132 Å². The molecule has 6 heteroatoms. The van der Waals surface area contributed by atoms with E-state index in [9.17, 15) is 9.59 Å². The van der Waals surface area contributed by atoms with Crippen molar-refractivity contribution in [3.8, 4) is 5.69 Å². The molecule has 2 aromatic heterocycles. The van der Waals surface area contributed by atoms with Gasteiger partial charge in [0.05, 0.1) is 5.69 Å². The SMILES string of the molecule is Cc1cc(=O)c(C(=O)Nc2ccncc2)nn1-c1ccccc1. The first-order valence-corrected chi connectivity index (χ1v) is 7.03. The Morgan fingerprint density at radius 3 is 2.48 bits per heavy atom. The Kier molecular flexibility index (Phi) is 3.97. The molecule has 0 radical (unpaired) electrons. The number of anilines is 1. The molecule has 0 aliphatic rings. The number of hydrogen-bond acceptors (Lipinski definition) is 4. The van der Waals surface area contributed by atoms with Gasteiger partial charge in [0.1, 0.15) is 0 Å². The van der Waals surface area contributed by atoms with Crippen molar-refractivity contribution in [2.24, 2.45) is 0 Å². The van der Waals surface area contributed by atoms with Gasteiger partial charge in [0.25, 0.3) is 5.91 Å². The van der Waals surface area contributed by atoms with Crippen molar-refractivity contribution in [3.63, 3.8) is 0 Å². The molecule has 0 spiro atoms. The second kappa shape index (κ2) is 6.23. The van der Waals surface area contributed by atoms with Crippen LogP contribution < -0.4 is 10.7 Å². The third-order valence-corrected chi connectivity index (χ3v) is 3.26. The summed E-state index contributed by atoms with van der Waals surface area (Å²) in [7, 11) is 0. The first-order valence-electron chi connectivity index (χ1n) is 7.03. The van der Waals surface area contributed by atoms with Gasteiger partial charge in [-0.1, -0.05) is 18.2 Å². The number of carbonyl (C=O) groups excluding carboxylic acids is 1. The van der Waals surface area contributed by atoms with Crippen LogP contribution in [-0.4, -0.2) is 20.7 Å². The Morgan fingerprint density at radius 2 is 1.78 bits per heavy atom. The monoisotopic (exact) mass is 306 g/mol. The number of para-hydroxylation sites is 1. The highest BCUT2D eigenvalue weighted by molar-refractivity contribution is 6.02. The van der Waals surface area contributed by atoms with Gasteiger partial charge in [-0.3, -0.25) is 14.6 Å². The minimum absolute atomic E-state index is 0.156. The second-order valence-corrected chi connectivity index (χ2v) is 4.94. The number of benzene rings is 1. The molecule has 3 aromatic rings. The van der Waals surface area contributed by atoms with Crippen LogP contribution in [0, 0.1) is 6.92 Å². The maximum atomic E-state index is 12.3. The van der Waals surface area contributed by atoms with E-state index in [2.05, 4.69) is 15.4 Å². The van der Waals surface area contributed by atoms with Gasteiger partial charge in [-0.25, -0.2) is 4.68 Å². The topological polar surface area (TPSA) is 76.9 Å². The molecule has 1 amide bonds. The average Bonchev–Trinajstić information content (AvgIpc) is 2.56. The van der Waals surface area contributed by atoms with E-state index in [1.807, 2.05) is 30.3 Å². The smallest absolute Gasteiger partial charge is 0.280 e. The Hall–Kier alpha value is -3.28. The molecule has 1 aromatic carbocycles. The molecule has 6 nitrogen and oxygen atoms in total. The fraction of sp³-hybridized carbons (Fsp3) is 0.0588. The van der Waals surface area contributed by atoms with Gasteiger partial charge in [0.2, 0.25) is 5.43 Å². The summed E-state index contributed by atoms with van der Waals surface area (Å²) in [6, 6.07) is 14.0. The highest BCUT2D eigenvalue weighted by Crippen LogP contribution is 2.09. The molecule has 0 saturated carbocycles. The highest BCUT2D eigenvalue weighted by atomic mass is 16.2. The molecule has 0 atom stereocenters. The molecule has 2 heterocycles. The molecule has 0 aliphatic carbocycles. The second-order valence-electron chi connectivity index (χ2n) is 4.94. The quantitative estimate of drug-likeness (QED) is 0.804. The van der Waals surface area contributed by atoms with Crippen LogP contribution >= 0.6 is 0 Å². The zero-order chi connectivity index (χ0) is 16.2. The first kappa shape index (κ1) is 14.6. The minimum Gasteiger partial charge on any atom is -0.320 e. The van der Waals surface area contributed by atoms with Crippen molar-refractivity contribution in [1.82, 2.24) is 14.8 Å². The molecular formula is C17H14N4O2. The molecule has 1 N–H and O–H groups in total. The summed E-state index contributed by atoms with van der Waals surface area (Å²) in [5.41, 5.74) is 1.42. The first-order chi connectivity index (χ1) is 11.1. The van der Waals surface area contributed by atoms with E-state index >= 15 is 0 Å². The summed E-state index contributed by atoms with van der Waals surface area (Å²) < 4.78 is 1.57. The number of nitrogens with one attached hydrogen (secondary N) is 1. The van der Waals surface area contributed by atoms with Crippen LogP contribution in [-0.2, 0) is 0 Å². The molecule has 3 rings (SSSR count). The lowest BCUT2D eigenvalue weighted by Gasteiger charge is -2.11. The Morgan fingerprint density at radius 1 is 1.09 bits per heavy atom. The van der Waals surface area contributed by atoms with E-state index in [-0.39, 0.29) is 5.69 Å². The lowest BCUT2D eigenvalue weighted by Crippen LogP contribution is -2.26. The summed E-state index contributed by atoms with van der Waals surface area (Å²) >= 11 is 0. The van der Waals surface area contributed by atoms with E-state index in [4.69, 9.17) is 0 Å². The van der Waals surface area contributed by atoms with Gasteiger partial charge in [0.15, 0.2) is 5.69 Å². The van der Waals surface area contributed by atoms with E-state index < -0.39 is 11.3 Å². The van der Waals surface area contributed by atoms with Crippen LogP contribution in [0.25, 0.3) is 5.69 Å². The van der Waals surface area contributed by atoms with Crippen molar-refractivity contribution < 1.29 is 4.79 Å². The normalized spacial score (nSPS) is 10.3. The maximum absolute atomic E-state index is 12.3. The molecule has 0 bridgehead atoms. The number of hydrogen-bond donors (Lipinski definition) is 1. The number of carbonyl (C=O) groups is 1. The highest BCUT2D eigenvalue weighted by Gasteiger charge is 2.15. The van der Waals surface area contributed by atoms with Gasteiger partial charge < -0.3 is 5.32 Å². The summed E-state index contributed by atoms with van der Waals surface area (Å²) in [6.07, 6.45) is 3.11. The predicted octanol–water partition coefficient (Wildman–Crippen LogP) is 2.19. The number of pyridine rings is 1. The summed E-state index contributed by atoms with van der Waals surface area (Å²) in [4.78, 5) is 28.3. The van der Waals surface area contributed by atoms with Crippen LogP contribution in [0.5, 0.6) is 0 Å². The molecule has 23 heavy (non-hydrogen) atoms. The number of aryl methyl sites for hydroxylation is 1. The van der Waals surface area contributed by atoms with Crippen LogP contribution in [0.4, 0.5) is 5.69 Å². The summed E-state index contributed by atoms with van der Waals surface area (Å²) in [6.45, 7) is 1.77. The van der Waals surface area contributed by atoms with E-state index in [0.717, 1.165) is 5.69 Å². The van der Waals surface area contributed by atoms with Gasteiger partial charge in [0, 0.05) is 29.8 Å². The zero-order valence-electron chi connectivity index (χ0n) is 12.4. The maximum Gasteiger partial charge on any atom is 0.280 e. The number of nitrogens with zero attached hydrogens (tertiary/aromatic N) is 3. The van der Waals surface area contributed by atoms with Crippen LogP contribution in [0.1, 0.15) is 16.2 Å². The zero-order valence-corrected chi connectivity index (χ0v) is 12.4.